The molecule has 0 aliphatic carbocycles. The second-order valence-corrected chi connectivity index (χ2v) is 9.84. The van der Waals surface area contributed by atoms with Gasteiger partial charge >= 0.3 is 12.0 Å². The van der Waals surface area contributed by atoms with Crippen molar-refractivity contribution in [1.82, 2.24) is 0 Å². The lowest BCUT2D eigenvalue weighted by molar-refractivity contribution is 0.0697. The molecular weight excluding hydrogens is 457 g/mol. The first-order chi connectivity index (χ1) is 17.0. The highest BCUT2D eigenvalue weighted by atomic mass is 19.1. The summed E-state index contributed by atoms with van der Waals surface area (Å²) in [6.07, 6.45) is 0. The molecule has 0 aliphatic rings. The Labute approximate surface area is 212 Å². The van der Waals surface area contributed by atoms with Crippen LogP contribution in [0.3, 0.4) is 0 Å². The fourth-order valence-electron chi connectivity index (χ4n) is 4.11. The summed E-state index contributed by atoms with van der Waals surface area (Å²) >= 11 is 0. The number of halogens is 1. The zero-order valence-electron chi connectivity index (χ0n) is 21.4. The van der Waals surface area contributed by atoms with Crippen molar-refractivity contribution in [2.45, 2.75) is 34.6 Å². The summed E-state index contributed by atoms with van der Waals surface area (Å²) in [5, 5.41) is 15.3. The van der Waals surface area contributed by atoms with Crippen LogP contribution in [0.2, 0.25) is 0 Å². The molecule has 3 aromatic rings. The molecule has 2 amide bonds. The van der Waals surface area contributed by atoms with E-state index in [1.807, 2.05) is 19.1 Å². The number of carboxylic acid groups (broad SMARTS) is 1. The molecule has 0 aromatic heterocycles. The number of rotatable bonds is 9. The Kier molecular flexibility index (Phi) is 8.69. The van der Waals surface area contributed by atoms with Gasteiger partial charge in [-0.1, -0.05) is 63.6 Å². The number of nitrogens with one attached hydrogen (secondary N) is 2. The predicted octanol–water partition coefficient (Wildman–Crippen LogP) is 7.26. The summed E-state index contributed by atoms with van der Waals surface area (Å²) < 4.78 is 15.6. The zero-order chi connectivity index (χ0) is 26.4. The molecule has 0 bridgehead atoms. The van der Waals surface area contributed by atoms with Crippen molar-refractivity contribution in [2.24, 2.45) is 11.8 Å². The number of nitrogens with zero attached hydrogens (tertiary/aromatic N) is 1. The van der Waals surface area contributed by atoms with Crippen LogP contribution in [0.5, 0.6) is 0 Å². The first kappa shape index (κ1) is 26.7. The van der Waals surface area contributed by atoms with Gasteiger partial charge in [-0.2, -0.15) is 0 Å². The third-order valence-corrected chi connectivity index (χ3v) is 5.60. The number of carbonyl (C=O) groups excluding carboxylic acids is 1. The van der Waals surface area contributed by atoms with Gasteiger partial charge in [0.2, 0.25) is 0 Å². The van der Waals surface area contributed by atoms with E-state index >= 15 is 4.39 Å². The monoisotopic (exact) mass is 491 g/mol. The second kappa shape index (κ2) is 11.7. The van der Waals surface area contributed by atoms with Crippen LogP contribution in [0.4, 0.5) is 26.2 Å². The first-order valence-corrected chi connectivity index (χ1v) is 12.1. The predicted molar refractivity (Wildman–Crippen MR) is 145 cm³/mol. The van der Waals surface area contributed by atoms with E-state index in [1.165, 1.54) is 18.2 Å². The minimum atomic E-state index is -1.15. The van der Waals surface area contributed by atoms with Crippen molar-refractivity contribution in [3.8, 4) is 11.1 Å². The summed E-state index contributed by atoms with van der Waals surface area (Å²) in [5.74, 6) is -1.11. The van der Waals surface area contributed by atoms with E-state index in [2.05, 4.69) is 43.2 Å². The molecule has 0 unspecified atom stereocenters. The van der Waals surface area contributed by atoms with Crippen molar-refractivity contribution < 1.29 is 19.1 Å². The van der Waals surface area contributed by atoms with Crippen LogP contribution in [-0.4, -0.2) is 30.2 Å². The van der Waals surface area contributed by atoms with Gasteiger partial charge < -0.3 is 20.6 Å². The Morgan fingerprint density at radius 3 is 2.08 bits per heavy atom. The van der Waals surface area contributed by atoms with Gasteiger partial charge in [0.15, 0.2) is 0 Å². The molecule has 0 saturated heterocycles. The molecule has 0 heterocycles. The second-order valence-electron chi connectivity index (χ2n) is 9.84. The van der Waals surface area contributed by atoms with E-state index in [-0.39, 0.29) is 16.7 Å². The average molecular weight is 492 g/mol. The third kappa shape index (κ3) is 6.84. The van der Waals surface area contributed by atoms with E-state index in [4.69, 9.17) is 0 Å². The molecule has 3 N–H and O–H groups in total. The van der Waals surface area contributed by atoms with E-state index < -0.39 is 17.8 Å². The molecule has 36 heavy (non-hydrogen) atoms. The lowest BCUT2D eigenvalue weighted by Gasteiger charge is -2.31. The van der Waals surface area contributed by atoms with Crippen LogP contribution in [0.25, 0.3) is 11.1 Å². The van der Waals surface area contributed by atoms with Crippen LogP contribution in [0, 0.1) is 24.6 Å². The van der Waals surface area contributed by atoms with E-state index in [0.717, 1.165) is 5.56 Å². The Morgan fingerprint density at radius 2 is 1.50 bits per heavy atom. The normalized spacial score (nSPS) is 11.0. The number of hydrogen-bond acceptors (Lipinski definition) is 3. The molecule has 3 rings (SSSR count). The maximum Gasteiger partial charge on any atom is 0.336 e. The Morgan fingerprint density at radius 1 is 0.889 bits per heavy atom. The molecule has 0 spiro atoms. The van der Waals surface area contributed by atoms with Crippen LogP contribution < -0.4 is 15.5 Å². The summed E-state index contributed by atoms with van der Waals surface area (Å²) in [7, 11) is 0. The molecule has 3 aromatic carbocycles. The van der Waals surface area contributed by atoms with Gasteiger partial charge in [-0.25, -0.2) is 14.0 Å². The standard InChI is InChI=1S/C29H34FN3O3/c1-18(2)16-33(17-19(3)4)27-15-25(30)24(22-8-6-7-9-23(22)28(34)35)14-26(27)32-29(36)31-21-12-10-20(5)11-13-21/h6-15,18-19H,16-17H2,1-5H3,(H,34,35)(H2,31,32,36). The minimum Gasteiger partial charge on any atom is -0.478 e. The molecule has 0 fully saturated rings. The fraction of sp³-hybridized carbons (Fsp3) is 0.310. The van der Waals surface area contributed by atoms with Crippen molar-refractivity contribution in [3.63, 3.8) is 0 Å². The summed E-state index contributed by atoms with van der Waals surface area (Å²) in [6, 6.07) is 16.1. The minimum absolute atomic E-state index is 0.0135. The van der Waals surface area contributed by atoms with Gasteiger partial charge in [0.05, 0.1) is 16.9 Å². The smallest absolute Gasteiger partial charge is 0.336 e. The Bertz CT molecular complexity index is 1210. The number of carboxylic acids is 1. The largest absolute Gasteiger partial charge is 0.478 e. The molecular formula is C29H34FN3O3. The molecule has 7 heteroatoms. The van der Waals surface area contributed by atoms with Crippen LogP contribution in [-0.2, 0) is 0 Å². The summed E-state index contributed by atoms with van der Waals surface area (Å²) in [5.41, 5.74) is 2.98. The number of amides is 2. The number of benzene rings is 3. The van der Waals surface area contributed by atoms with E-state index in [0.29, 0.717) is 42.0 Å². The number of aryl methyl sites for hydroxylation is 1. The number of aromatic carboxylic acids is 1. The molecule has 0 saturated carbocycles. The molecule has 6 nitrogen and oxygen atoms in total. The quantitative estimate of drug-likeness (QED) is 0.294. The molecule has 0 atom stereocenters. The number of urea groups is 1. The summed E-state index contributed by atoms with van der Waals surface area (Å²) in [4.78, 5) is 26.8. The maximum absolute atomic E-state index is 15.6. The lowest BCUT2D eigenvalue weighted by Crippen LogP contribution is -2.32. The topological polar surface area (TPSA) is 81.7 Å². The van der Waals surface area contributed by atoms with Crippen molar-refractivity contribution in [2.75, 3.05) is 28.6 Å². The van der Waals surface area contributed by atoms with Crippen LogP contribution >= 0.6 is 0 Å². The maximum atomic E-state index is 15.6. The molecule has 190 valence electrons. The number of anilines is 3. The highest BCUT2D eigenvalue weighted by Crippen LogP contribution is 2.36. The van der Waals surface area contributed by atoms with Gasteiger partial charge in [0, 0.05) is 24.3 Å². The molecule has 0 aliphatic heterocycles. The Hall–Kier alpha value is -3.87. The summed E-state index contributed by atoms with van der Waals surface area (Å²) in [6.45, 7) is 11.6. The van der Waals surface area contributed by atoms with Crippen LogP contribution in [0.1, 0.15) is 43.6 Å². The highest BCUT2D eigenvalue weighted by molar-refractivity contribution is 6.03. The third-order valence-electron chi connectivity index (χ3n) is 5.60. The molecule has 0 radical (unpaired) electrons. The van der Waals surface area contributed by atoms with E-state index in [1.54, 1.807) is 30.3 Å². The SMILES string of the molecule is Cc1ccc(NC(=O)Nc2cc(-c3ccccc3C(=O)O)c(F)cc2N(CC(C)C)CC(C)C)cc1. The fourth-order valence-corrected chi connectivity index (χ4v) is 4.11. The van der Waals surface area contributed by atoms with Crippen molar-refractivity contribution >= 4 is 29.1 Å². The number of hydrogen-bond donors (Lipinski definition) is 3. The zero-order valence-corrected chi connectivity index (χ0v) is 21.4. The van der Waals surface area contributed by atoms with Crippen molar-refractivity contribution in [3.05, 3.63) is 77.6 Å². The van der Waals surface area contributed by atoms with Crippen molar-refractivity contribution in [1.29, 1.82) is 0 Å². The van der Waals surface area contributed by atoms with Crippen LogP contribution in [0.15, 0.2) is 60.7 Å². The van der Waals surface area contributed by atoms with Gasteiger partial charge in [0.25, 0.3) is 0 Å². The van der Waals surface area contributed by atoms with E-state index in [9.17, 15) is 14.7 Å². The highest BCUT2D eigenvalue weighted by Gasteiger charge is 2.22. The van der Waals surface area contributed by atoms with Gasteiger partial charge in [-0.05, 0) is 54.7 Å². The van der Waals surface area contributed by atoms with Gasteiger partial charge in [0.1, 0.15) is 5.82 Å². The lowest BCUT2D eigenvalue weighted by atomic mass is 9.97. The van der Waals surface area contributed by atoms with Gasteiger partial charge in [-0.3, -0.25) is 0 Å². The average Bonchev–Trinajstić information content (AvgIpc) is 2.80. The van der Waals surface area contributed by atoms with Gasteiger partial charge in [-0.15, -0.1) is 0 Å². The number of carbonyl (C=O) groups is 2. The Balaban J connectivity index is 2.09. The first-order valence-electron chi connectivity index (χ1n) is 12.1.